The van der Waals surface area contributed by atoms with Crippen molar-refractivity contribution in [1.82, 2.24) is 20.9 Å². The van der Waals surface area contributed by atoms with Gasteiger partial charge in [0.15, 0.2) is 5.96 Å². The summed E-state index contributed by atoms with van der Waals surface area (Å²) in [5.41, 5.74) is -1.17. The van der Waals surface area contributed by atoms with Gasteiger partial charge in [0.2, 0.25) is 0 Å². The molecule has 3 N–H and O–H groups in total. The van der Waals surface area contributed by atoms with Gasteiger partial charge in [-0.15, -0.1) is 0 Å². The molecule has 1 amide bonds. The number of carbonyl (C=O) groups is 1. The number of hydrogen-bond donors (Lipinski definition) is 3. The summed E-state index contributed by atoms with van der Waals surface area (Å²) in [7, 11) is 3.03. The molecule has 0 saturated heterocycles. The van der Waals surface area contributed by atoms with Gasteiger partial charge >= 0.3 is 12.3 Å². The predicted molar refractivity (Wildman–Crippen MR) is 101 cm³/mol. The topological polar surface area (TPSA) is 78.0 Å². The lowest BCUT2D eigenvalue weighted by Crippen LogP contribution is -2.54. The third kappa shape index (κ3) is 15.1. The lowest BCUT2D eigenvalue weighted by atomic mass is 10.1. The Morgan fingerprint density at radius 3 is 2.19 bits per heavy atom. The molecule has 0 rings (SSSR count). The van der Waals surface area contributed by atoms with Gasteiger partial charge in [0.25, 0.3) is 0 Å². The molecule has 160 valence electrons. The van der Waals surface area contributed by atoms with Crippen LogP contribution in [0, 0.1) is 0 Å². The van der Waals surface area contributed by atoms with Crippen molar-refractivity contribution in [2.45, 2.75) is 58.4 Å². The van der Waals surface area contributed by atoms with E-state index in [2.05, 4.69) is 20.9 Å². The zero-order valence-corrected chi connectivity index (χ0v) is 17.4. The standard InChI is InChI=1S/C17H34F3N5O2/c1-15(2,3)27-14(26)24-16(4,5)11-23-13(21-6)22-9-8-10-25(7)12-17(18,19)20/h8-12H2,1-7H3,(H,24,26)(H2,21,22,23). The van der Waals surface area contributed by atoms with E-state index < -0.39 is 30.0 Å². The molecule has 0 heterocycles. The van der Waals surface area contributed by atoms with Gasteiger partial charge in [-0.1, -0.05) is 0 Å². The average Bonchev–Trinajstić information content (AvgIpc) is 2.41. The Hall–Kier alpha value is -1.71. The second kappa shape index (κ2) is 10.6. The van der Waals surface area contributed by atoms with E-state index in [0.29, 0.717) is 32.0 Å². The molecule has 0 radical (unpaired) electrons. The number of guanidine groups is 1. The molecule has 0 aliphatic carbocycles. The van der Waals surface area contributed by atoms with Crippen LogP contribution in [0.4, 0.5) is 18.0 Å². The van der Waals surface area contributed by atoms with Gasteiger partial charge in [0, 0.05) is 20.1 Å². The molecule has 0 atom stereocenters. The first-order valence-corrected chi connectivity index (χ1v) is 8.84. The molecular weight excluding hydrogens is 363 g/mol. The van der Waals surface area contributed by atoms with E-state index in [1.54, 1.807) is 27.8 Å². The van der Waals surface area contributed by atoms with Crippen LogP contribution in [0.3, 0.4) is 0 Å². The molecule has 0 unspecified atom stereocenters. The minimum absolute atomic E-state index is 0.315. The summed E-state index contributed by atoms with van der Waals surface area (Å²) >= 11 is 0. The average molecular weight is 397 g/mol. The van der Waals surface area contributed by atoms with Gasteiger partial charge in [-0.2, -0.15) is 13.2 Å². The molecule has 0 aliphatic rings. The van der Waals surface area contributed by atoms with E-state index in [1.807, 2.05) is 13.8 Å². The fourth-order valence-corrected chi connectivity index (χ4v) is 2.09. The van der Waals surface area contributed by atoms with Crippen molar-refractivity contribution >= 4 is 12.1 Å². The molecule has 0 saturated carbocycles. The Kier molecular flexibility index (Phi) is 9.91. The van der Waals surface area contributed by atoms with Crippen LogP contribution >= 0.6 is 0 Å². The van der Waals surface area contributed by atoms with Crippen LogP contribution in [-0.2, 0) is 4.74 Å². The number of rotatable bonds is 8. The largest absolute Gasteiger partial charge is 0.444 e. The summed E-state index contributed by atoms with van der Waals surface area (Å²) in [4.78, 5) is 17.2. The molecule has 0 spiro atoms. The summed E-state index contributed by atoms with van der Waals surface area (Å²) in [6, 6.07) is 0. The SMILES string of the molecule is CN=C(NCCCN(C)CC(F)(F)F)NCC(C)(C)NC(=O)OC(C)(C)C. The maximum absolute atomic E-state index is 12.3. The molecule has 0 aliphatic heterocycles. The molecule has 0 fully saturated rings. The first kappa shape index (κ1) is 25.3. The number of ether oxygens (including phenoxy) is 1. The van der Waals surface area contributed by atoms with Gasteiger partial charge < -0.3 is 20.7 Å². The van der Waals surface area contributed by atoms with Crippen LogP contribution in [-0.4, -0.2) is 74.5 Å². The highest BCUT2D eigenvalue weighted by Gasteiger charge is 2.28. The van der Waals surface area contributed by atoms with Crippen LogP contribution < -0.4 is 16.0 Å². The predicted octanol–water partition coefficient (Wildman–Crippen LogP) is 2.34. The molecule has 27 heavy (non-hydrogen) atoms. The smallest absolute Gasteiger partial charge is 0.408 e. The number of nitrogens with zero attached hydrogens (tertiary/aromatic N) is 2. The second-order valence-electron chi connectivity index (χ2n) is 8.07. The molecule has 10 heteroatoms. The van der Waals surface area contributed by atoms with E-state index >= 15 is 0 Å². The van der Waals surface area contributed by atoms with Crippen molar-refractivity contribution < 1.29 is 22.7 Å². The van der Waals surface area contributed by atoms with Crippen LogP contribution in [0.5, 0.6) is 0 Å². The monoisotopic (exact) mass is 397 g/mol. The third-order valence-electron chi connectivity index (χ3n) is 3.22. The Morgan fingerprint density at radius 2 is 1.70 bits per heavy atom. The maximum Gasteiger partial charge on any atom is 0.408 e. The highest BCUT2D eigenvalue weighted by molar-refractivity contribution is 5.79. The molecular formula is C17H34F3N5O2. The van der Waals surface area contributed by atoms with Crippen molar-refractivity contribution in [1.29, 1.82) is 0 Å². The number of aliphatic imine (C=N–C) groups is 1. The number of carbonyl (C=O) groups excluding carboxylic acids is 1. The van der Waals surface area contributed by atoms with E-state index in [0.717, 1.165) is 0 Å². The fourth-order valence-electron chi connectivity index (χ4n) is 2.09. The van der Waals surface area contributed by atoms with Gasteiger partial charge in [-0.25, -0.2) is 4.79 Å². The quantitative estimate of drug-likeness (QED) is 0.333. The van der Waals surface area contributed by atoms with Crippen LogP contribution in [0.15, 0.2) is 4.99 Å². The van der Waals surface area contributed by atoms with Gasteiger partial charge in [0.1, 0.15) is 5.60 Å². The summed E-state index contributed by atoms with van der Waals surface area (Å²) in [5.74, 6) is 0.507. The number of alkyl carbamates (subject to hydrolysis) is 1. The Balaban J connectivity index is 4.21. The van der Waals surface area contributed by atoms with Crippen molar-refractivity contribution in [3.05, 3.63) is 0 Å². The first-order chi connectivity index (χ1) is 12.1. The lowest BCUT2D eigenvalue weighted by molar-refractivity contribution is -0.143. The van der Waals surface area contributed by atoms with Gasteiger partial charge in [0.05, 0.1) is 12.1 Å². The van der Waals surface area contributed by atoms with Crippen molar-refractivity contribution in [2.75, 3.05) is 40.3 Å². The number of alkyl halides is 3. The normalized spacial score (nSPS) is 13.5. The highest BCUT2D eigenvalue weighted by Crippen LogP contribution is 2.15. The van der Waals surface area contributed by atoms with E-state index in [9.17, 15) is 18.0 Å². The number of hydrogen-bond acceptors (Lipinski definition) is 4. The van der Waals surface area contributed by atoms with Crippen molar-refractivity contribution in [2.24, 2.45) is 4.99 Å². The summed E-state index contributed by atoms with van der Waals surface area (Å²) in [6.45, 7) is 9.29. The zero-order chi connectivity index (χ0) is 21.3. The first-order valence-electron chi connectivity index (χ1n) is 8.84. The molecule has 7 nitrogen and oxygen atoms in total. The number of halogens is 3. The Bertz CT molecular complexity index is 488. The molecule has 0 aromatic carbocycles. The van der Waals surface area contributed by atoms with E-state index in [-0.39, 0.29) is 0 Å². The Labute approximate surface area is 160 Å². The van der Waals surface area contributed by atoms with E-state index in [4.69, 9.17) is 4.74 Å². The summed E-state index contributed by atoms with van der Waals surface area (Å²) in [6.07, 6.45) is -4.16. The fraction of sp³-hybridized carbons (Fsp3) is 0.882. The van der Waals surface area contributed by atoms with Crippen molar-refractivity contribution in [3.8, 4) is 0 Å². The molecule has 0 bridgehead atoms. The summed E-state index contributed by atoms with van der Waals surface area (Å²) in [5, 5.41) is 8.89. The highest BCUT2D eigenvalue weighted by atomic mass is 19.4. The Morgan fingerprint density at radius 1 is 1.11 bits per heavy atom. The van der Waals surface area contributed by atoms with Crippen LogP contribution in [0.1, 0.15) is 41.0 Å². The number of nitrogens with one attached hydrogen (secondary N) is 3. The van der Waals surface area contributed by atoms with Gasteiger partial charge in [-0.3, -0.25) is 9.89 Å². The lowest BCUT2D eigenvalue weighted by Gasteiger charge is -2.29. The minimum Gasteiger partial charge on any atom is -0.444 e. The molecule has 0 aromatic rings. The van der Waals surface area contributed by atoms with Crippen LogP contribution in [0.2, 0.25) is 0 Å². The maximum atomic E-state index is 12.3. The van der Waals surface area contributed by atoms with Gasteiger partial charge in [-0.05, 0) is 54.6 Å². The zero-order valence-electron chi connectivity index (χ0n) is 17.4. The summed E-state index contributed by atoms with van der Waals surface area (Å²) < 4.78 is 42.0. The number of amides is 1. The van der Waals surface area contributed by atoms with E-state index in [1.165, 1.54) is 11.9 Å². The van der Waals surface area contributed by atoms with Crippen LogP contribution in [0.25, 0.3) is 0 Å². The minimum atomic E-state index is -4.19. The van der Waals surface area contributed by atoms with Crippen molar-refractivity contribution in [3.63, 3.8) is 0 Å². The second-order valence-corrected chi connectivity index (χ2v) is 8.07. The molecule has 0 aromatic heterocycles. The third-order valence-corrected chi connectivity index (χ3v) is 3.22.